The molecule has 0 fully saturated rings. The zero-order valence-electron chi connectivity index (χ0n) is 25.0. The number of ether oxygens (including phenoxy) is 4. The molecule has 0 aliphatic carbocycles. The molecule has 3 amide bonds. The van der Waals surface area contributed by atoms with Crippen molar-refractivity contribution in [2.75, 3.05) is 20.3 Å². The van der Waals surface area contributed by atoms with Crippen molar-refractivity contribution in [1.29, 1.82) is 5.26 Å². The molecule has 1 aliphatic heterocycles. The van der Waals surface area contributed by atoms with Crippen LogP contribution in [0.3, 0.4) is 0 Å². The van der Waals surface area contributed by atoms with Crippen LogP contribution in [-0.2, 0) is 20.9 Å². The molecule has 12 nitrogen and oxygen atoms in total. The van der Waals surface area contributed by atoms with Crippen molar-refractivity contribution >= 4 is 69.3 Å². The zero-order valence-corrected chi connectivity index (χ0v) is 29.3. The third-order valence-corrected chi connectivity index (χ3v) is 8.01. The maximum Gasteiger partial charge on any atom is 0.338 e. The van der Waals surface area contributed by atoms with Crippen LogP contribution in [0.5, 0.6) is 17.2 Å². The fourth-order valence-corrected chi connectivity index (χ4v) is 6.53. The zero-order chi connectivity index (χ0) is 33.2. The summed E-state index contributed by atoms with van der Waals surface area (Å²) in [6, 6.07) is 16.8. The van der Waals surface area contributed by atoms with E-state index >= 15 is 0 Å². The fraction of sp³-hybridized carbons (Fsp3) is 0.219. The molecule has 0 radical (unpaired) electrons. The molecule has 4 rings (SSSR count). The molecule has 0 spiro atoms. The molecule has 1 atom stereocenters. The van der Waals surface area contributed by atoms with Gasteiger partial charge in [0, 0.05) is 20.4 Å². The first kappa shape index (κ1) is 34.5. The SMILES string of the molecule is CCOC(=O)C1=C(C)NC(=O)N[C@@H]1c1ccc(OCC(=O)N/N=C/c2cc(I)cc(I)c2OCc2ccccc2C#N)c(OC)c1. The Labute approximate surface area is 292 Å². The van der Waals surface area contributed by atoms with Crippen molar-refractivity contribution in [1.82, 2.24) is 16.1 Å². The maximum absolute atomic E-state index is 12.6. The quantitative estimate of drug-likeness (QED) is 0.0986. The van der Waals surface area contributed by atoms with Crippen LogP contribution in [0.25, 0.3) is 0 Å². The summed E-state index contributed by atoms with van der Waals surface area (Å²) in [6.07, 6.45) is 1.48. The number of nitrogens with one attached hydrogen (secondary N) is 3. The molecule has 14 heteroatoms. The molecule has 1 aliphatic rings. The van der Waals surface area contributed by atoms with Crippen molar-refractivity contribution in [2.24, 2.45) is 5.10 Å². The summed E-state index contributed by atoms with van der Waals surface area (Å²) in [5.41, 5.74) is 5.57. The first-order valence-electron chi connectivity index (χ1n) is 13.8. The molecular formula is C32H29I2N5O7. The summed E-state index contributed by atoms with van der Waals surface area (Å²) in [5.74, 6) is 0.0351. The van der Waals surface area contributed by atoms with Crippen LogP contribution < -0.4 is 30.3 Å². The Morgan fingerprint density at radius 3 is 2.63 bits per heavy atom. The lowest BCUT2D eigenvalue weighted by molar-refractivity contribution is -0.139. The third-order valence-electron chi connectivity index (χ3n) is 6.58. The highest BCUT2D eigenvalue weighted by Crippen LogP contribution is 2.35. The summed E-state index contributed by atoms with van der Waals surface area (Å²) < 4.78 is 24.2. The van der Waals surface area contributed by atoms with Gasteiger partial charge in [0.05, 0.1) is 46.7 Å². The minimum absolute atomic E-state index is 0.176. The van der Waals surface area contributed by atoms with Gasteiger partial charge in [-0.25, -0.2) is 15.0 Å². The summed E-state index contributed by atoms with van der Waals surface area (Å²) in [5, 5.41) is 18.8. The number of carbonyl (C=O) groups excluding carboxylic acids is 3. The molecule has 3 N–H and O–H groups in total. The molecule has 0 aromatic heterocycles. The molecule has 0 bridgehead atoms. The third kappa shape index (κ3) is 8.66. The number of hydrogen-bond donors (Lipinski definition) is 3. The van der Waals surface area contributed by atoms with Gasteiger partial charge in [0.25, 0.3) is 5.91 Å². The summed E-state index contributed by atoms with van der Waals surface area (Å²) in [6.45, 7) is 3.31. The number of halogens is 2. The normalized spacial score (nSPS) is 14.2. The van der Waals surface area contributed by atoms with Gasteiger partial charge in [-0.1, -0.05) is 24.3 Å². The summed E-state index contributed by atoms with van der Waals surface area (Å²) in [4.78, 5) is 37.4. The van der Waals surface area contributed by atoms with E-state index in [9.17, 15) is 19.6 Å². The van der Waals surface area contributed by atoms with E-state index in [4.69, 9.17) is 18.9 Å². The van der Waals surface area contributed by atoms with Crippen LogP contribution in [-0.4, -0.2) is 44.4 Å². The van der Waals surface area contributed by atoms with E-state index in [2.05, 4.69) is 72.4 Å². The van der Waals surface area contributed by atoms with Crippen molar-refractivity contribution in [3.63, 3.8) is 0 Å². The number of nitrogens with zero attached hydrogens (tertiary/aromatic N) is 2. The Hall–Kier alpha value is -4.37. The molecule has 1 heterocycles. The fourth-order valence-electron chi connectivity index (χ4n) is 4.49. The van der Waals surface area contributed by atoms with Gasteiger partial charge >= 0.3 is 12.0 Å². The van der Waals surface area contributed by atoms with Gasteiger partial charge in [-0.05, 0) is 94.9 Å². The van der Waals surface area contributed by atoms with Crippen LogP contribution >= 0.6 is 45.2 Å². The molecule has 3 aromatic carbocycles. The lowest BCUT2D eigenvalue weighted by Gasteiger charge is -2.28. The van der Waals surface area contributed by atoms with Gasteiger partial charge in [0.2, 0.25) is 0 Å². The van der Waals surface area contributed by atoms with Gasteiger partial charge in [0.15, 0.2) is 18.1 Å². The standard InChI is InChI=1S/C32H29I2N5O7/c1-4-44-31(41)28-18(2)37-32(42)38-29(28)19-9-10-25(26(12-19)43-3)45-17-27(40)39-36-15-22-11-23(33)13-24(34)30(22)46-16-21-8-6-5-7-20(21)14-35/h5-13,15,29H,4,16-17H2,1-3H3,(H,39,40)(H2,37,38,42)/b36-15+/t29-/m1/s1. The number of methoxy groups -OCH3 is 1. The Balaban J connectivity index is 1.42. The molecule has 238 valence electrons. The van der Waals surface area contributed by atoms with E-state index in [1.54, 1.807) is 44.2 Å². The van der Waals surface area contributed by atoms with Gasteiger partial charge in [-0.3, -0.25) is 4.79 Å². The number of carbonyl (C=O) groups is 3. The Kier molecular flexibility index (Phi) is 12.2. The average Bonchev–Trinajstić information content (AvgIpc) is 3.03. The number of rotatable bonds is 12. The maximum atomic E-state index is 12.6. The predicted molar refractivity (Wildman–Crippen MR) is 185 cm³/mol. The second-order valence-electron chi connectivity index (χ2n) is 9.65. The van der Waals surface area contributed by atoms with Crippen LogP contribution in [0.1, 0.15) is 42.1 Å². The van der Waals surface area contributed by atoms with Crippen LogP contribution in [0.2, 0.25) is 0 Å². The second-order valence-corrected chi connectivity index (χ2v) is 12.1. The van der Waals surface area contributed by atoms with Gasteiger partial charge in [-0.15, -0.1) is 0 Å². The Bertz CT molecular complexity index is 1750. The predicted octanol–water partition coefficient (Wildman–Crippen LogP) is 5.08. The molecule has 0 saturated heterocycles. The van der Waals surface area contributed by atoms with E-state index in [-0.39, 0.29) is 36.9 Å². The largest absolute Gasteiger partial charge is 0.493 e. The number of esters is 1. The highest BCUT2D eigenvalue weighted by Gasteiger charge is 2.32. The van der Waals surface area contributed by atoms with Crippen molar-refractivity contribution in [2.45, 2.75) is 26.5 Å². The van der Waals surface area contributed by atoms with E-state index in [1.165, 1.54) is 13.3 Å². The van der Waals surface area contributed by atoms with Crippen molar-refractivity contribution in [3.05, 3.63) is 95.3 Å². The Morgan fingerprint density at radius 2 is 1.89 bits per heavy atom. The van der Waals surface area contributed by atoms with E-state index in [0.29, 0.717) is 28.1 Å². The van der Waals surface area contributed by atoms with Crippen molar-refractivity contribution in [3.8, 4) is 23.3 Å². The first-order valence-corrected chi connectivity index (χ1v) is 16.0. The number of urea groups is 1. The number of nitriles is 1. The number of hydrogen-bond acceptors (Lipinski definition) is 9. The van der Waals surface area contributed by atoms with Crippen LogP contribution in [0, 0.1) is 18.5 Å². The van der Waals surface area contributed by atoms with E-state index in [0.717, 1.165) is 12.7 Å². The molecular weight excluding hydrogens is 820 g/mol. The average molecular weight is 849 g/mol. The number of amides is 3. The number of allylic oxidation sites excluding steroid dienone is 1. The van der Waals surface area contributed by atoms with Gasteiger partial charge < -0.3 is 29.6 Å². The van der Waals surface area contributed by atoms with E-state index in [1.807, 2.05) is 24.3 Å². The molecule has 0 saturated carbocycles. The first-order chi connectivity index (χ1) is 22.1. The molecule has 0 unspecified atom stereocenters. The topological polar surface area (TPSA) is 160 Å². The van der Waals surface area contributed by atoms with Crippen LogP contribution in [0.15, 0.2) is 71.0 Å². The highest BCUT2D eigenvalue weighted by molar-refractivity contribution is 14.1. The smallest absolute Gasteiger partial charge is 0.338 e. The molecule has 46 heavy (non-hydrogen) atoms. The Morgan fingerprint density at radius 1 is 1.11 bits per heavy atom. The lowest BCUT2D eigenvalue weighted by atomic mass is 9.95. The van der Waals surface area contributed by atoms with Gasteiger partial charge in [-0.2, -0.15) is 10.4 Å². The van der Waals surface area contributed by atoms with E-state index < -0.39 is 23.9 Å². The van der Waals surface area contributed by atoms with Gasteiger partial charge in [0.1, 0.15) is 12.4 Å². The van der Waals surface area contributed by atoms with Crippen LogP contribution in [0.4, 0.5) is 4.79 Å². The van der Waals surface area contributed by atoms with Crippen molar-refractivity contribution < 1.29 is 33.3 Å². The monoisotopic (exact) mass is 849 g/mol. The number of hydrazone groups is 1. The minimum Gasteiger partial charge on any atom is -0.493 e. The summed E-state index contributed by atoms with van der Waals surface area (Å²) >= 11 is 4.35. The highest BCUT2D eigenvalue weighted by atomic mass is 127. The lowest BCUT2D eigenvalue weighted by Crippen LogP contribution is -2.45. The second kappa shape index (κ2) is 16.3. The summed E-state index contributed by atoms with van der Waals surface area (Å²) in [7, 11) is 1.44. The number of benzene rings is 3. The minimum atomic E-state index is -0.785. The molecule has 3 aromatic rings.